The van der Waals surface area contributed by atoms with Gasteiger partial charge in [-0.25, -0.2) is 4.79 Å². The highest BCUT2D eigenvalue weighted by Crippen LogP contribution is 2.39. The predicted octanol–water partition coefficient (Wildman–Crippen LogP) is 11.0. The van der Waals surface area contributed by atoms with Crippen LogP contribution in [-0.4, -0.2) is 17.4 Å². The van der Waals surface area contributed by atoms with Crippen molar-refractivity contribution in [3.63, 3.8) is 0 Å². The molecule has 1 N–H and O–H groups in total. The van der Waals surface area contributed by atoms with Crippen LogP contribution in [0.15, 0.2) is 176 Å². The lowest BCUT2D eigenvalue weighted by Gasteiger charge is -2.26. The molecule has 1 unspecified atom stereocenters. The van der Waals surface area contributed by atoms with Crippen LogP contribution < -0.4 is 19.3 Å². The number of hydrogen-bond donors (Lipinski definition) is 1. The first-order valence-corrected chi connectivity index (χ1v) is 16.3. The Morgan fingerprint density at radius 3 is 1.54 bits per heavy atom. The summed E-state index contributed by atoms with van der Waals surface area (Å²) in [6, 6.07) is 50.6. The quantitative estimate of drug-likeness (QED) is 0.0464. The number of aliphatic hydroxyl groups is 1. The van der Waals surface area contributed by atoms with Crippen molar-refractivity contribution in [1.82, 2.24) is 0 Å². The zero-order valence-corrected chi connectivity index (χ0v) is 28.1. The van der Waals surface area contributed by atoms with Gasteiger partial charge in [0.25, 0.3) is 0 Å². The van der Waals surface area contributed by atoms with E-state index in [0.717, 1.165) is 45.3 Å². The highest BCUT2D eigenvalue weighted by molar-refractivity contribution is 5.89. The molecule has 0 spiro atoms. The molecule has 0 fully saturated rings. The van der Waals surface area contributed by atoms with E-state index in [0.29, 0.717) is 17.1 Å². The zero-order chi connectivity index (χ0) is 35.0. The van der Waals surface area contributed by atoms with Gasteiger partial charge in [-0.15, -0.1) is 0 Å². The standard InChI is InChI=1S/C44H38N2O4/c1-5-43(47)49-41-26-22-38(23-27-41)45(39-24-28-42(29-25-39)50-44(48)31(2)3)36-18-14-33(15-19-36)34-16-20-37(21-17-34)46(35-11-7-6-8-12-35)40-13-9-10-32(4)30-40/h5-30,43,47H,1-2H2,3-4H3. The third-order valence-corrected chi connectivity index (χ3v) is 8.07. The topological polar surface area (TPSA) is 62.2 Å². The minimum atomic E-state index is -1.10. The molecule has 0 aliphatic carbocycles. The number of para-hydroxylation sites is 1. The van der Waals surface area contributed by atoms with Gasteiger partial charge in [-0.05, 0) is 134 Å². The van der Waals surface area contributed by atoms with Crippen molar-refractivity contribution < 1.29 is 19.4 Å². The molecule has 0 radical (unpaired) electrons. The number of carbonyl (C=O) groups excluding carboxylic acids is 1. The van der Waals surface area contributed by atoms with Crippen LogP contribution in [0, 0.1) is 6.92 Å². The Labute approximate surface area is 293 Å². The zero-order valence-electron chi connectivity index (χ0n) is 28.1. The molecule has 1 atom stereocenters. The van der Waals surface area contributed by atoms with Gasteiger partial charge in [0.1, 0.15) is 11.5 Å². The summed E-state index contributed by atoms with van der Waals surface area (Å²) in [7, 11) is 0. The van der Waals surface area contributed by atoms with Gasteiger partial charge in [0, 0.05) is 39.7 Å². The van der Waals surface area contributed by atoms with Crippen molar-refractivity contribution >= 4 is 40.1 Å². The van der Waals surface area contributed by atoms with E-state index in [1.807, 2.05) is 30.3 Å². The first-order chi connectivity index (χ1) is 24.3. The Kier molecular flexibility index (Phi) is 10.2. The summed E-state index contributed by atoms with van der Waals surface area (Å²) in [4.78, 5) is 16.4. The molecule has 0 saturated carbocycles. The second-order valence-corrected chi connectivity index (χ2v) is 11.8. The number of nitrogens with zero attached hydrogens (tertiary/aromatic N) is 2. The van der Waals surface area contributed by atoms with Crippen LogP contribution in [0.25, 0.3) is 11.1 Å². The molecule has 6 aromatic carbocycles. The molecule has 6 nitrogen and oxygen atoms in total. The van der Waals surface area contributed by atoms with Crippen molar-refractivity contribution in [3.05, 3.63) is 182 Å². The van der Waals surface area contributed by atoms with E-state index < -0.39 is 12.3 Å². The largest absolute Gasteiger partial charge is 0.461 e. The van der Waals surface area contributed by atoms with Gasteiger partial charge in [0.15, 0.2) is 0 Å². The average molecular weight is 659 g/mol. The summed E-state index contributed by atoms with van der Waals surface area (Å²) in [6.07, 6.45) is 0.220. The second kappa shape index (κ2) is 15.2. The Bertz CT molecular complexity index is 2070. The van der Waals surface area contributed by atoms with E-state index in [9.17, 15) is 9.90 Å². The highest BCUT2D eigenvalue weighted by Gasteiger charge is 2.16. The number of rotatable bonds is 12. The van der Waals surface area contributed by atoms with Crippen molar-refractivity contribution in [1.29, 1.82) is 0 Å². The molecule has 0 bridgehead atoms. The molecular formula is C44H38N2O4. The van der Waals surface area contributed by atoms with Gasteiger partial charge in [0.05, 0.1) is 0 Å². The highest BCUT2D eigenvalue weighted by atomic mass is 16.6. The first-order valence-electron chi connectivity index (χ1n) is 16.3. The van der Waals surface area contributed by atoms with Crippen LogP contribution in [-0.2, 0) is 4.79 Å². The maximum absolute atomic E-state index is 12.1. The lowest BCUT2D eigenvalue weighted by atomic mass is 10.0. The van der Waals surface area contributed by atoms with E-state index in [1.165, 1.54) is 11.6 Å². The maximum Gasteiger partial charge on any atom is 0.338 e. The third-order valence-electron chi connectivity index (χ3n) is 8.07. The van der Waals surface area contributed by atoms with Crippen molar-refractivity contribution in [2.75, 3.05) is 9.80 Å². The summed E-state index contributed by atoms with van der Waals surface area (Å²) >= 11 is 0. The lowest BCUT2D eigenvalue weighted by molar-refractivity contribution is -0.130. The van der Waals surface area contributed by atoms with Crippen LogP contribution in [0.2, 0.25) is 0 Å². The van der Waals surface area contributed by atoms with Gasteiger partial charge in [-0.2, -0.15) is 0 Å². The fourth-order valence-electron chi connectivity index (χ4n) is 5.56. The molecule has 0 amide bonds. The molecule has 6 aromatic rings. The Morgan fingerprint density at radius 2 is 1.06 bits per heavy atom. The van der Waals surface area contributed by atoms with E-state index in [-0.39, 0.29) is 0 Å². The molecule has 0 aromatic heterocycles. The van der Waals surface area contributed by atoms with Crippen molar-refractivity contribution in [3.8, 4) is 22.6 Å². The molecular weight excluding hydrogens is 620 g/mol. The van der Waals surface area contributed by atoms with E-state index in [1.54, 1.807) is 31.2 Å². The minimum Gasteiger partial charge on any atom is -0.461 e. The lowest BCUT2D eigenvalue weighted by Crippen LogP contribution is -2.12. The summed E-state index contributed by atoms with van der Waals surface area (Å²) in [6.45, 7) is 10.9. The van der Waals surface area contributed by atoms with Crippen LogP contribution in [0.3, 0.4) is 0 Å². The molecule has 50 heavy (non-hydrogen) atoms. The smallest absolute Gasteiger partial charge is 0.338 e. The molecule has 0 aliphatic rings. The number of hydrogen-bond acceptors (Lipinski definition) is 6. The summed E-state index contributed by atoms with van der Waals surface area (Å²) < 4.78 is 10.9. The fourth-order valence-corrected chi connectivity index (χ4v) is 5.56. The average Bonchev–Trinajstić information content (AvgIpc) is 3.14. The number of carbonyl (C=O) groups is 1. The maximum atomic E-state index is 12.1. The van der Waals surface area contributed by atoms with Crippen LogP contribution in [0.4, 0.5) is 34.1 Å². The molecule has 0 aliphatic heterocycles. The van der Waals surface area contributed by atoms with Gasteiger partial charge in [-0.3, -0.25) is 0 Å². The number of ether oxygens (including phenoxy) is 2. The van der Waals surface area contributed by atoms with Crippen molar-refractivity contribution in [2.24, 2.45) is 0 Å². The Hall–Kier alpha value is -6.37. The summed E-state index contributed by atoms with van der Waals surface area (Å²) in [5, 5.41) is 9.85. The number of aliphatic hydroxyl groups excluding tert-OH is 1. The van der Waals surface area contributed by atoms with E-state index in [4.69, 9.17) is 9.47 Å². The minimum absolute atomic E-state index is 0.328. The van der Waals surface area contributed by atoms with Crippen LogP contribution in [0.1, 0.15) is 12.5 Å². The first kappa shape index (κ1) is 33.5. The fraction of sp³-hybridized carbons (Fsp3) is 0.0682. The Balaban J connectivity index is 1.30. The second-order valence-electron chi connectivity index (χ2n) is 11.8. The van der Waals surface area contributed by atoms with Gasteiger partial charge >= 0.3 is 5.97 Å². The summed E-state index contributed by atoms with van der Waals surface area (Å²) in [5.41, 5.74) is 9.61. The monoisotopic (exact) mass is 658 g/mol. The van der Waals surface area contributed by atoms with E-state index in [2.05, 4.69) is 127 Å². The van der Waals surface area contributed by atoms with Gasteiger partial charge in [0.2, 0.25) is 6.29 Å². The van der Waals surface area contributed by atoms with Gasteiger partial charge < -0.3 is 24.4 Å². The normalized spacial score (nSPS) is 11.3. The summed E-state index contributed by atoms with van der Waals surface area (Å²) in [5.74, 6) is 0.463. The molecule has 0 saturated heterocycles. The number of aryl methyl sites for hydroxylation is 1. The molecule has 6 heteroatoms. The third kappa shape index (κ3) is 7.84. The SMILES string of the molecule is C=CC(O)Oc1ccc(N(c2ccc(OC(=O)C(=C)C)cc2)c2ccc(-c3ccc(N(c4ccccc4)c4cccc(C)c4)cc3)cc2)cc1. The molecule has 248 valence electrons. The number of anilines is 6. The van der Waals surface area contributed by atoms with Crippen LogP contribution in [0.5, 0.6) is 11.5 Å². The van der Waals surface area contributed by atoms with Crippen molar-refractivity contribution in [2.45, 2.75) is 20.1 Å². The Morgan fingerprint density at radius 1 is 0.620 bits per heavy atom. The molecule has 0 heterocycles. The van der Waals surface area contributed by atoms with Gasteiger partial charge in [-0.1, -0.05) is 67.8 Å². The molecule has 6 rings (SSSR count). The number of esters is 1. The van der Waals surface area contributed by atoms with Crippen LogP contribution >= 0.6 is 0 Å². The van der Waals surface area contributed by atoms with E-state index >= 15 is 0 Å². The number of benzene rings is 6. The predicted molar refractivity (Wildman–Crippen MR) is 203 cm³/mol.